The van der Waals surface area contributed by atoms with Crippen LogP contribution in [-0.2, 0) is 7.05 Å². The van der Waals surface area contributed by atoms with Crippen molar-refractivity contribution in [2.45, 2.75) is 6.92 Å². The van der Waals surface area contributed by atoms with Gasteiger partial charge in [0.05, 0.1) is 23.0 Å². The summed E-state index contributed by atoms with van der Waals surface area (Å²) < 4.78 is 8.50. The molecule has 2 aromatic carbocycles. The molecule has 0 radical (unpaired) electrons. The zero-order valence-corrected chi connectivity index (χ0v) is 13.6. The minimum absolute atomic E-state index is 0.819. The Kier molecular flexibility index (Phi) is 4.06. The summed E-state index contributed by atoms with van der Waals surface area (Å²) in [6, 6.07) is 16.1. The Morgan fingerprint density at radius 2 is 1.95 bits per heavy atom. The van der Waals surface area contributed by atoms with Gasteiger partial charge in [0.1, 0.15) is 5.75 Å². The summed E-state index contributed by atoms with van der Waals surface area (Å²) in [5.74, 6) is 0.819. The van der Waals surface area contributed by atoms with E-state index in [9.17, 15) is 0 Å². The SMILES string of the molecule is COc1cccc(/C(C)=N/N=c2/sc3ccccc3n2C)c1. The highest BCUT2D eigenvalue weighted by molar-refractivity contribution is 7.16. The van der Waals surface area contributed by atoms with Crippen molar-refractivity contribution in [3.63, 3.8) is 0 Å². The smallest absolute Gasteiger partial charge is 0.211 e. The number of ether oxygens (including phenoxy) is 1. The highest BCUT2D eigenvalue weighted by atomic mass is 32.1. The molecule has 0 N–H and O–H groups in total. The minimum Gasteiger partial charge on any atom is -0.497 e. The van der Waals surface area contributed by atoms with Crippen LogP contribution in [0.25, 0.3) is 10.2 Å². The molecule has 1 aromatic heterocycles. The van der Waals surface area contributed by atoms with Crippen LogP contribution >= 0.6 is 11.3 Å². The Morgan fingerprint density at radius 3 is 2.73 bits per heavy atom. The van der Waals surface area contributed by atoms with Crippen LogP contribution in [0.4, 0.5) is 0 Å². The zero-order valence-electron chi connectivity index (χ0n) is 12.8. The van der Waals surface area contributed by atoms with E-state index in [1.54, 1.807) is 18.4 Å². The predicted octanol–water partition coefficient (Wildman–Crippen LogP) is 3.57. The Morgan fingerprint density at radius 1 is 1.14 bits per heavy atom. The number of hydrogen-bond acceptors (Lipinski definition) is 4. The topological polar surface area (TPSA) is 38.9 Å². The Labute approximate surface area is 133 Å². The van der Waals surface area contributed by atoms with Gasteiger partial charge in [-0.1, -0.05) is 35.6 Å². The maximum absolute atomic E-state index is 5.24. The molecule has 0 unspecified atom stereocenters. The zero-order chi connectivity index (χ0) is 15.5. The third-order valence-corrected chi connectivity index (χ3v) is 4.59. The normalized spacial score (nSPS) is 12.9. The van der Waals surface area contributed by atoms with E-state index in [1.165, 1.54) is 10.2 Å². The van der Waals surface area contributed by atoms with E-state index in [1.807, 2.05) is 50.4 Å². The molecule has 3 aromatic rings. The molecule has 0 aliphatic rings. The third-order valence-electron chi connectivity index (χ3n) is 3.49. The maximum atomic E-state index is 5.24. The number of nitrogens with zero attached hydrogens (tertiary/aromatic N) is 3. The molecule has 0 aliphatic heterocycles. The van der Waals surface area contributed by atoms with Crippen LogP contribution in [0.2, 0.25) is 0 Å². The molecular weight excluding hydrogens is 294 g/mol. The molecule has 0 amide bonds. The van der Waals surface area contributed by atoms with Gasteiger partial charge in [-0.15, -0.1) is 5.10 Å². The van der Waals surface area contributed by atoms with Crippen LogP contribution in [0.1, 0.15) is 12.5 Å². The predicted molar refractivity (Wildman–Crippen MR) is 91.6 cm³/mol. The number of methoxy groups -OCH3 is 1. The Balaban J connectivity index is 2.01. The van der Waals surface area contributed by atoms with Gasteiger partial charge < -0.3 is 9.30 Å². The minimum atomic E-state index is 0.819. The first-order valence-corrected chi connectivity index (χ1v) is 7.78. The highest BCUT2D eigenvalue weighted by Gasteiger charge is 2.02. The van der Waals surface area contributed by atoms with Crippen molar-refractivity contribution < 1.29 is 4.74 Å². The number of benzene rings is 2. The molecule has 4 nitrogen and oxygen atoms in total. The number of rotatable bonds is 3. The van der Waals surface area contributed by atoms with Crippen LogP contribution in [0.15, 0.2) is 58.7 Å². The van der Waals surface area contributed by atoms with Crippen molar-refractivity contribution >= 4 is 27.3 Å². The van der Waals surface area contributed by atoms with E-state index >= 15 is 0 Å². The summed E-state index contributed by atoms with van der Waals surface area (Å²) in [5.41, 5.74) is 3.03. The number of hydrogen-bond donors (Lipinski definition) is 0. The van der Waals surface area contributed by atoms with Crippen molar-refractivity contribution in [1.29, 1.82) is 0 Å². The summed E-state index contributed by atoms with van der Waals surface area (Å²) in [6.07, 6.45) is 0. The summed E-state index contributed by atoms with van der Waals surface area (Å²) in [7, 11) is 3.67. The molecule has 0 bridgehead atoms. The summed E-state index contributed by atoms with van der Waals surface area (Å²) >= 11 is 1.63. The lowest BCUT2D eigenvalue weighted by Crippen LogP contribution is -2.09. The number of thiazole rings is 1. The first-order valence-electron chi connectivity index (χ1n) is 6.96. The fraction of sp³-hybridized carbons (Fsp3) is 0.176. The van der Waals surface area contributed by atoms with Crippen LogP contribution < -0.4 is 9.54 Å². The molecule has 5 heteroatoms. The van der Waals surface area contributed by atoms with E-state index in [-0.39, 0.29) is 0 Å². The van der Waals surface area contributed by atoms with E-state index in [0.29, 0.717) is 0 Å². The summed E-state index contributed by atoms with van der Waals surface area (Å²) in [4.78, 5) is 0.878. The first kappa shape index (κ1) is 14.5. The average molecular weight is 311 g/mol. The van der Waals surface area contributed by atoms with Crippen molar-refractivity contribution in [2.75, 3.05) is 7.11 Å². The molecule has 112 valence electrons. The number of aromatic nitrogens is 1. The maximum Gasteiger partial charge on any atom is 0.211 e. The van der Waals surface area contributed by atoms with Gasteiger partial charge in [-0.2, -0.15) is 5.10 Å². The molecule has 0 saturated heterocycles. The van der Waals surface area contributed by atoms with Crippen molar-refractivity contribution in [2.24, 2.45) is 17.3 Å². The number of fused-ring (bicyclic) bond motifs is 1. The van der Waals surface area contributed by atoms with Crippen LogP contribution in [-0.4, -0.2) is 17.4 Å². The highest BCUT2D eigenvalue weighted by Crippen LogP contribution is 2.16. The van der Waals surface area contributed by atoms with Gasteiger partial charge >= 0.3 is 0 Å². The second kappa shape index (κ2) is 6.15. The molecule has 22 heavy (non-hydrogen) atoms. The van der Waals surface area contributed by atoms with E-state index in [4.69, 9.17) is 4.74 Å². The van der Waals surface area contributed by atoms with Gasteiger partial charge in [0, 0.05) is 12.6 Å². The van der Waals surface area contributed by atoms with Gasteiger partial charge in [-0.3, -0.25) is 0 Å². The number of para-hydroxylation sites is 1. The molecule has 0 saturated carbocycles. The lowest BCUT2D eigenvalue weighted by Gasteiger charge is -2.02. The fourth-order valence-corrected chi connectivity index (χ4v) is 3.17. The fourth-order valence-electron chi connectivity index (χ4n) is 2.20. The molecule has 1 heterocycles. The molecule has 0 fully saturated rings. The summed E-state index contributed by atoms with van der Waals surface area (Å²) in [6.45, 7) is 1.95. The largest absolute Gasteiger partial charge is 0.497 e. The van der Waals surface area contributed by atoms with Crippen LogP contribution in [0, 0.1) is 0 Å². The second-order valence-electron chi connectivity index (χ2n) is 4.93. The quantitative estimate of drug-likeness (QED) is 0.538. The van der Waals surface area contributed by atoms with Gasteiger partial charge in [-0.25, -0.2) is 0 Å². The van der Waals surface area contributed by atoms with Gasteiger partial charge in [0.15, 0.2) is 0 Å². The van der Waals surface area contributed by atoms with Gasteiger partial charge in [0.25, 0.3) is 0 Å². The lowest BCUT2D eigenvalue weighted by molar-refractivity contribution is 0.414. The van der Waals surface area contributed by atoms with Crippen LogP contribution in [0.3, 0.4) is 0 Å². The standard InChI is InChI=1S/C17H17N3OS/c1-12(13-7-6-8-14(11-13)21-3)18-19-17-20(2)15-9-4-5-10-16(15)22-17/h4-11H,1-3H3/b18-12+,19-17+. The molecule has 0 aliphatic carbocycles. The first-order chi connectivity index (χ1) is 10.7. The van der Waals surface area contributed by atoms with Gasteiger partial charge in [0.2, 0.25) is 4.80 Å². The van der Waals surface area contributed by atoms with Crippen molar-refractivity contribution in [3.05, 3.63) is 58.9 Å². The van der Waals surface area contributed by atoms with E-state index in [2.05, 4.69) is 26.9 Å². The van der Waals surface area contributed by atoms with Crippen molar-refractivity contribution in [3.8, 4) is 5.75 Å². The monoisotopic (exact) mass is 311 g/mol. The molecule has 0 spiro atoms. The Bertz CT molecular complexity index is 905. The molecular formula is C17H17N3OS. The second-order valence-corrected chi connectivity index (χ2v) is 5.94. The van der Waals surface area contributed by atoms with E-state index in [0.717, 1.165) is 21.8 Å². The van der Waals surface area contributed by atoms with Crippen LogP contribution in [0.5, 0.6) is 5.75 Å². The molecule has 3 rings (SSSR count). The Hall–Kier alpha value is -2.40. The average Bonchev–Trinajstić information content (AvgIpc) is 2.89. The van der Waals surface area contributed by atoms with Gasteiger partial charge in [-0.05, 0) is 31.2 Å². The molecule has 0 atom stereocenters. The van der Waals surface area contributed by atoms with E-state index < -0.39 is 0 Å². The third kappa shape index (κ3) is 2.80. The summed E-state index contributed by atoms with van der Waals surface area (Å²) in [5, 5.41) is 8.78. The van der Waals surface area contributed by atoms with Crippen molar-refractivity contribution in [1.82, 2.24) is 4.57 Å². The lowest BCUT2D eigenvalue weighted by atomic mass is 10.1. The number of aryl methyl sites for hydroxylation is 1.